The summed E-state index contributed by atoms with van der Waals surface area (Å²) < 4.78 is 38.6. The number of hydrogen-bond acceptors (Lipinski definition) is 0. The maximum atomic E-state index is 13.2. The lowest BCUT2D eigenvalue weighted by atomic mass is 9.88. The summed E-state index contributed by atoms with van der Waals surface area (Å²) in [6, 6.07) is 2.25. The third kappa shape index (κ3) is 2.50. The molecule has 0 aliphatic rings. The van der Waals surface area contributed by atoms with E-state index < -0.39 is 17.5 Å². The number of halogens is 3. The molecule has 1 rings (SSSR count). The summed E-state index contributed by atoms with van der Waals surface area (Å²) in [5, 5.41) is 0. The van der Waals surface area contributed by atoms with Crippen LogP contribution in [0.1, 0.15) is 26.3 Å². The van der Waals surface area contributed by atoms with Crippen molar-refractivity contribution in [2.24, 2.45) is 5.41 Å². The molecule has 0 N–H and O–H groups in total. The van der Waals surface area contributed by atoms with E-state index in [9.17, 15) is 13.2 Å². The van der Waals surface area contributed by atoms with Crippen molar-refractivity contribution in [3.8, 4) is 0 Å². The van der Waals surface area contributed by atoms with E-state index >= 15 is 0 Å². The summed E-state index contributed by atoms with van der Waals surface area (Å²) in [5.41, 5.74) is 0.0712. The lowest BCUT2D eigenvalue weighted by Gasteiger charge is -2.18. The standard InChI is InChI=1S/C11H13F3/c1-11(2,3)6-7-4-5-8(12)10(14)9(7)13/h4-5H,6H2,1-3H3. The molecule has 0 aromatic heterocycles. The van der Waals surface area contributed by atoms with E-state index in [1.807, 2.05) is 20.8 Å². The molecule has 0 nitrogen and oxygen atoms in total. The highest BCUT2D eigenvalue weighted by Crippen LogP contribution is 2.24. The maximum Gasteiger partial charge on any atom is 0.194 e. The van der Waals surface area contributed by atoms with Gasteiger partial charge in [0.2, 0.25) is 0 Å². The van der Waals surface area contributed by atoms with Gasteiger partial charge in [-0.15, -0.1) is 0 Å². The van der Waals surface area contributed by atoms with Crippen molar-refractivity contribution in [3.63, 3.8) is 0 Å². The fourth-order valence-electron chi connectivity index (χ4n) is 1.27. The number of benzene rings is 1. The van der Waals surface area contributed by atoms with Crippen LogP contribution in [0.2, 0.25) is 0 Å². The molecule has 0 fully saturated rings. The van der Waals surface area contributed by atoms with Crippen molar-refractivity contribution in [2.75, 3.05) is 0 Å². The van der Waals surface area contributed by atoms with Gasteiger partial charge >= 0.3 is 0 Å². The largest absolute Gasteiger partial charge is 0.204 e. The van der Waals surface area contributed by atoms with E-state index in [1.165, 1.54) is 6.07 Å². The van der Waals surface area contributed by atoms with Crippen molar-refractivity contribution in [3.05, 3.63) is 35.1 Å². The van der Waals surface area contributed by atoms with Crippen molar-refractivity contribution in [1.29, 1.82) is 0 Å². The van der Waals surface area contributed by atoms with Gasteiger partial charge in [-0.2, -0.15) is 0 Å². The Morgan fingerprint density at radius 1 is 1.00 bits per heavy atom. The Morgan fingerprint density at radius 3 is 2.07 bits per heavy atom. The van der Waals surface area contributed by atoms with Gasteiger partial charge in [-0.05, 0) is 23.5 Å². The molecule has 1 aromatic rings. The van der Waals surface area contributed by atoms with Gasteiger partial charge in [-0.25, -0.2) is 13.2 Å². The first-order valence-electron chi connectivity index (χ1n) is 4.43. The second-order valence-electron chi connectivity index (χ2n) is 4.57. The fourth-order valence-corrected chi connectivity index (χ4v) is 1.27. The molecular formula is C11H13F3. The van der Waals surface area contributed by atoms with Crippen molar-refractivity contribution in [1.82, 2.24) is 0 Å². The van der Waals surface area contributed by atoms with Crippen molar-refractivity contribution < 1.29 is 13.2 Å². The van der Waals surface area contributed by atoms with Crippen LogP contribution in [-0.2, 0) is 6.42 Å². The van der Waals surface area contributed by atoms with Gasteiger partial charge < -0.3 is 0 Å². The molecular weight excluding hydrogens is 189 g/mol. The Balaban J connectivity index is 3.06. The first-order valence-corrected chi connectivity index (χ1v) is 4.43. The molecule has 0 spiro atoms. The first-order chi connectivity index (χ1) is 6.31. The van der Waals surface area contributed by atoms with Gasteiger partial charge in [0.05, 0.1) is 0 Å². The Morgan fingerprint density at radius 2 is 1.57 bits per heavy atom. The van der Waals surface area contributed by atoms with Crippen molar-refractivity contribution >= 4 is 0 Å². The SMILES string of the molecule is CC(C)(C)Cc1ccc(F)c(F)c1F. The normalized spacial score (nSPS) is 11.9. The van der Waals surface area contributed by atoms with E-state index in [1.54, 1.807) is 0 Å². The molecule has 0 unspecified atom stereocenters. The average molecular weight is 202 g/mol. The summed E-state index contributed by atoms with van der Waals surface area (Å²) in [4.78, 5) is 0. The lowest BCUT2D eigenvalue weighted by Crippen LogP contribution is -2.11. The predicted octanol–water partition coefficient (Wildman–Crippen LogP) is 3.69. The maximum absolute atomic E-state index is 13.2. The predicted molar refractivity (Wildman–Crippen MR) is 49.5 cm³/mol. The minimum atomic E-state index is -1.38. The summed E-state index contributed by atoms with van der Waals surface area (Å²) in [5.74, 6) is -3.59. The van der Waals surface area contributed by atoms with Gasteiger partial charge in [-0.1, -0.05) is 26.8 Å². The highest BCUT2D eigenvalue weighted by Gasteiger charge is 2.18. The van der Waals surface area contributed by atoms with Gasteiger partial charge in [0.25, 0.3) is 0 Å². The highest BCUT2D eigenvalue weighted by atomic mass is 19.2. The van der Waals surface area contributed by atoms with Crippen LogP contribution in [0, 0.1) is 22.9 Å². The van der Waals surface area contributed by atoms with Crippen LogP contribution in [-0.4, -0.2) is 0 Å². The number of hydrogen-bond donors (Lipinski definition) is 0. The van der Waals surface area contributed by atoms with Crippen molar-refractivity contribution in [2.45, 2.75) is 27.2 Å². The molecule has 0 amide bonds. The molecule has 0 saturated heterocycles. The van der Waals surface area contributed by atoms with Crippen LogP contribution in [0.25, 0.3) is 0 Å². The van der Waals surface area contributed by atoms with Gasteiger partial charge in [0, 0.05) is 0 Å². The summed E-state index contributed by atoms with van der Waals surface area (Å²) >= 11 is 0. The van der Waals surface area contributed by atoms with E-state index in [-0.39, 0.29) is 11.0 Å². The monoisotopic (exact) mass is 202 g/mol. The minimum absolute atomic E-state index is 0.148. The zero-order valence-corrected chi connectivity index (χ0v) is 8.50. The molecule has 0 atom stereocenters. The molecule has 0 radical (unpaired) electrons. The van der Waals surface area contributed by atoms with E-state index in [0.717, 1.165) is 6.07 Å². The third-order valence-corrected chi connectivity index (χ3v) is 1.84. The smallest absolute Gasteiger partial charge is 0.194 e. The lowest BCUT2D eigenvalue weighted by molar-refractivity contribution is 0.387. The zero-order valence-electron chi connectivity index (χ0n) is 8.50. The topological polar surface area (TPSA) is 0 Å². The minimum Gasteiger partial charge on any atom is -0.204 e. The quantitative estimate of drug-likeness (QED) is 0.609. The van der Waals surface area contributed by atoms with Gasteiger partial charge in [-0.3, -0.25) is 0 Å². The molecule has 78 valence electrons. The van der Waals surface area contributed by atoms with Crippen LogP contribution in [0.4, 0.5) is 13.2 Å². The number of rotatable bonds is 1. The van der Waals surface area contributed by atoms with Crippen LogP contribution in [0.5, 0.6) is 0 Å². The first kappa shape index (κ1) is 11.1. The fraction of sp³-hybridized carbons (Fsp3) is 0.455. The zero-order chi connectivity index (χ0) is 10.9. The van der Waals surface area contributed by atoms with E-state index in [2.05, 4.69) is 0 Å². The Kier molecular flexibility index (Phi) is 2.88. The molecule has 0 heterocycles. The second-order valence-corrected chi connectivity index (χ2v) is 4.57. The van der Waals surface area contributed by atoms with Gasteiger partial charge in [0.1, 0.15) is 0 Å². The second kappa shape index (κ2) is 3.64. The average Bonchev–Trinajstić information content (AvgIpc) is 2.04. The summed E-state index contributed by atoms with van der Waals surface area (Å²) in [6.45, 7) is 5.73. The molecule has 14 heavy (non-hydrogen) atoms. The summed E-state index contributed by atoms with van der Waals surface area (Å²) in [6.07, 6.45) is 0.385. The van der Waals surface area contributed by atoms with Gasteiger partial charge in [0.15, 0.2) is 17.5 Å². The highest BCUT2D eigenvalue weighted by molar-refractivity contribution is 5.21. The Bertz CT molecular complexity index is 337. The molecule has 0 aliphatic carbocycles. The molecule has 0 aliphatic heterocycles. The molecule has 0 saturated carbocycles. The third-order valence-electron chi connectivity index (χ3n) is 1.84. The van der Waals surface area contributed by atoms with Crippen LogP contribution in [0.3, 0.4) is 0 Å². The van der Waals surface area contributed by atoms with Crippen LogP contribution < -0.4 is 0 Å². The Labute approximate surface area is 81.8 Å². The van der Waals surface area contributed by atoms with Crippen LogP contribution in [0.15, 0.2) is 12.1 Å². The van der Waals surface area contributed by atoms with E-state index in [4.69, 9.17) is 0 Å². The Hall–Kier alpha value is -0.990. The molecule has 3 heteroatoms. The van der Waals surface area contributed by atoms with E-state index in [0.29, 0.717) is 6.42 Å². The summed E-state index contributed by atoms with van der Waals surface area (Å²) in [7, 11) is 0. The molecule has 1 aromatic carbocycles. The van der Waals surface area contributed by atoms with Crippen LogP contribution >= 0.6 is 0 Å². The molecule has 0 bridgehead atoms.